The number of rotatable bonds is 11. The number of nitrogens with zero attached hydrogens (tertiary/aromatic N) is 2. The second kappa shape index (κ2) is 13.0. The van der Waals surface area contributed by atoms with Crippen molar-refractivity contribution in [1.29, 1.82) is 0 Å². The summed E-state index contributed by atoms with van der Waals surface area (Å²) < 4.78 is 31.8. The summed E-state index contributed by atoms with van der Waals surface area (Å²) in [5.74, 6) is 1.50. The first kappa shape index (κ1) is 27.8. The van der Waals surface area contributed by atoms with Crippen LogP contribution in [0, 0.1) is 0 Å². The highest BCUT2D eigenvalue weighted by Crippen LogP contribution is 2.36. The number of furan rings is 1. The molecule has 0 bridgehead atoms. The quantitative estimate of drug-likeness (QED) is 0.242. The van der Waals surface area contributed by atoms with E-state index in [1.165, 1.54) is 32.0 Å². The third-order valence-corrected chi connectivity index (χ3v) is 6.61. The summed E-state index contributed by atoms with van der Waals surface area (Å²) in [4.78, 5) is 31.6. The minimum atomic E-state index is -0.562. The van der Waals surface area contributed by atoms with Crippen LogP contribution >= 0.6 is 11.8 Å². The lowest BCUT2D eigenvalue weighted by Crippen LogP contribution is -2.32. The molecule has 1 amide bonds. The molecule has 1 fully saturated rings. The molecule has 0 aliphatic carbocycles. The average Bonchev–Trinajstić information content (AvgIpc) is 3.55. The Morgan fingerprint density at radius 3 is 2.49 bits per heavy atom. The van der Waals surface area contributed by atoms with Gasteiger partial charge in [-0.25, -0.2) is 9.79 Å². The molecule has 2 aromatic carbocycles. The van der Waals surface area contributed by atoms with Crippen molar-refractivity contribution >= 4 is 40.6 Å². The van der Waals surface area contributed by atoms with Gasteiger partial charge in [-0.2, -0.15) is 0 Å². The predicted octanol–water partition coefficient (Wildman–Crippen LogP) is 4.91. The third kappa shape index (κ3) is 6.81. The van der Waals surface area contributed by atoms with E-state index in [2.05, 4.69) is 9.73 Å². The zero-order valence-corrected chi connectivity index (χ0v) is 22.8. The van der Waals surface area contributed by atoms with Gasteiger partial charge in [0.2, 0.25) is 5.76 Å². The van der Waals surface area contributed by atoms with Crippen LogP contribution in [0.4, 0.5) is 5.69 Å². The fraction of sp³-hybridized carbons (Fsp3) is 0.250. The van der Waals surface area contributed by atoms with Gasteiger partial charge in [-0.1, -0.05) is 6.07 Å². The van der Waals surface area contributed by atoms with Crippen molar-refractivity contribution in [2.75, 3.05) is 41.6 Å². The van der Waals surface area contributed by atoms with E-state index < -0.39 is 5.97 Å². The van der Waals surface area contributed by atoms with Crippen LogP contribution in [0.15, 0.2) is 68.9 Å². The van der Waals surface area contributed by atoms with Gasteiger partial charge in [0.25, 0.3) is 5.91 Å². The molecule has 2 heterocycles. The Bertz CT molecular complexity index is 1380. The van der Waals surface area contributed by atoms with Crippen LogP contribution in [0.25, 0.3) is 6.08 Å². The lowest BCUT2D eigenvalue weighted by Gasteiger charge is -2.14. The topological polar surface area (TPSA) is 109 Å². The lowest BCUT2D eigenvalue weighted by molar-refractivity contribution is -0.122. The van der Waals surface area contributed by atoms with E-state index >= 15 is 0 Å². The van der Waals surface area contributed by atoms with Crippen LogP contribution in [0.3, 0.4) is 0 Å². The fourth-order valence-corrected chi connectivity index (χ4v) is 4.62. The number of amides is 1. The zero-order chi connectivity index (χ0) is 27.8. The summed E-state index contributed by atoms with van der Waals surface area (Å²) in [7, 11) is 6.00. The van der Waals surface area contributed by atoms with E-state index in [1.54, 1.807) is 43.4 Å². The molecular formula is C28H28N2O8S. The van der Waals surface area contributed by atoms with Crippen molar-refractivity contribution in [1.82, 2.24) is 4.90 Å². The minimum Gasteiger partial charge on any atom is -0.497 e. The van der Waals surface area contributed by atoms with Crippen molar-refractivity contribution in [3.05, 3.63) is 76.6 Å². The number of ether oxygens (including phenoxy) is 5. The molecule has 204 valence electrons. The van der Waals surface area contributed by atoms with E-state index in [9.17, 15) is 9.59 Å². The fourth-order valence-electron chi connectivity index (χ4n) is 3.60. The molecule has 3 aromatic rings. The van der Waals surface area contributed by atoms with Crippen LogP contribution < -0.4 is 14.2 Å². The molecule has 1 aromatic heterocycles. The lowest BCUT2D eigenvalue weighted by atomic mass is 10.2. The Labute approximate surface area is 230 Å². The van der Waals surface area contributed by atoms with Crippen molar-refractivity contribution in [3.8, 4) is 17.2 Å². The molecule has 11 heteroatoms. The van der Waals surface area contributed by atoms with E-state index in [0.29, 0.717) is 46.2 Å². The summed E-state index contributed by atoms with van der Waals surface area (Å²) in [6, 6.07) is 15.8. The molecule has 39 heavy (non-hydrogen) atoms. The van der Waals surface area contributed by atoms with Gasteiger partial charge in [0, 0.05) is 7.11 Å². The predicted molar refractivity (Wildman–Crippen MR) is 147 cm³/mol. The highest BCUT2D eigenvalue weighted by Gasteiger charge is 2.33. The standard InChI is InChI=1S/C28H28N2O8S/c1-33-14-13-30-26(31)25(39-28(30)29-19-6-8-20(34-2)9-7-19)16-18-5-11-22(24(15-18)35-3)37-17-21-10-12-23(38-21)27(32)36-4/h5-12,15-16H,13-14,17H2,1-4H3/b25-16+,29-28?. The van der Waals surface area contributed by atoms with Gasteiger partial charge < -0.3 is 28.1 Å². The van der Waals surface area contributed by atoms with E-state index in [4.69, 9.17) is 23.4 Å². The Hall–Kier alpha value is -4.22. The molecule has 1 aliphatic heterocycles. The number of esters is 1. The van der Waals surface area contributed by atoms with E-state index in [0.717, 1.165) is 11.3 Å². The number of aliphatic imine (C=N–C) groups is 1. The van der Waals surface area contributed by atoms with Crippen LogP contribution in [-0.2, 0) is 20.9 Å². The number of carbonyl (C=O) groups excluding carboxylic acids is 2. The maximum Gasteiger partial charge on any atom is 0.373 e. The Morgan fingerprint density at radius 1 is 1.00 bits per heavy atom. The molecule has 0 spiro atoms. The molecule has 1 saturated heterocycles. The second-order valence-corrected chi connectivity index (χ2v) is 9.12. The molecule has 0 radical (unpaired) electrons. The number of methoxy groups -OCH3 is 4. The van der Waals surface area contributed by atoms with Gasteiger partial charge >= 0.3 is 5.97 Å². The Kier molecular flexibility index (Phi) is 9.29. The van der Waals surface area contributed by atoms with Crippen LogP contribution in [0.5, 0.6) is 17.2 Å². The highest BCUT2D eigenvalue weighted by molar-refractivity contribution is 8.18. The monoisotopic (exact) mass is 552 g/mol. The molecule has 0 unspecified atom stereocenters. The summed E-state index contributed by atoms with van der Waals surface area (Å²) in [6.07, 6.45) is 1.78. The normalized spacial score (nSPS) is 15.2. The van der Waals surface area contributed by atoms with Crippen molar-refractivity contribution in [2.24, 2.45) is 4.99 Å². The van der Waals surface area contributed by atoms with Gasteiger partial charge in [-0.3, -0.25) is 9.69 Å². The Balaban J connectivity index is 1.52. The first-order chi connectivity index (χ1) is 18.9. The molecule has 1 aliphatic rings. The van der Waals surface area contributed by atoms with Crippen molar-refractivity contribution in [3.63, 3.8) is 0 Å². The summed E-state index contributed by atoms with van der Waals surface area (Å²) in [5.41, 5.74) is 1.45. The van der Waals surface area contributed by atoms with Gasteiger partial charge in [0.1, 0.15) is 18.1 Å². The van der Waals surface area contributed by atoms with Gasteiger partial charge in [0.15, 0.2) is 16.7 Å². The summed E-state index contributed by atoms with van der Waals surface area (Å²) in [6.45, 7) is 0.828. The molecule has 0 N–H and O–H groups in total. The highest BCUT2D eigenvalue weighted by atomic mass is 32.2. The minimum absolute atomic E-state index is 0.0851. The third-order valence-electron chi connectivity index (χ3n) is 5.61. The molecule has 0 saturated carbocycles. The molecular weight excluding hydrogens is 524 g/mol. The zero-order valence-electron chi connectivity index (χ0n) is 22.0. The average molecular weight is 553 g/mol. The maximum atomic E-state index is 13.3. The number of hydrogen-bond acceptors (Lipinski definition) is 10. The Morgan fingerprint density at radius 2 is 1.79 bits per heavy atom. The van der Waals surface area contributed by atoms with Gasteiger partial charge in [-0.15, -0.1) is 0 Å². The van der Waals surface area contributed by atoms with Crippen molar-refractivity contribution < 1.29 is 37.7 Å². The van der Waals surface area contributed by atoms with Gasteiger partial charge in [-0.05, 0) is 71.9 Å². The van der Waals surface area contributed by atoms with E-state index in [-0.39, 0.29) is 18.3 Å². The molecule has 10 nitrogen and oxygen atoms in total. The number of amidine groups is 1. The maximum absolute atomic E-state index is 13.3. The van der Waals surface area contributed by atoms with Crippen LogP contribution in [-0.4, -0.2) is 63.5 Å². The van der Waals surface area contributed by atoms with Gasteiger partial charge in [0.05, 0.1) is 45.1 Å². The SMILES string of the molecule is COCCN1C(=O)/C(=C\c2ccc(OCc3ccc(C(=O)OC)o3)c(OC)c2)SC1=Nc1ccc(OC)cc1. The molecule has 0 atom stereocenters. The summed E-state index contributed by atoms with van der Waals surface area (Å²) in [5, 5.41) is 0.560. The number of carbonyl (C=O) groups is 2. The largest absolute Gasteiger partial charge is 0.497 e. The number of hydrogen-bond donors (Lipinski definition) is 0. The summed E-state index contributed by atoms with van der Waals surface area (Å²) >= 11 is 1.29. The van der Waals surface area contributed by atoms with Crippen LogP contribution in [0.1, 0.15) is 21.9 Å². The first-order valence-corrected chi connectivity index (χ1v) is 12.7. The van der Waals surface area contributed by atoms with Crippen molar-refractivity contribution in [2.45, 2.75) is 6.61 Å². The van der Waals surface area contributed by atoms with Crippen LogP contribution in [0.2, 0.25) is 0 Å². The second-order valence-electron chi connectivity index (χ2n) is 8.11. The number of thioether (sulfide) groups is 1. The van der Waals surface area contributed by atoms with E-state index in [1.807, 2.05) is 30.3 Å². The molecule has 4 rings (SSSR count). The number of benzene rings is 2. The smallest absolute Gasteiger partial charge is 0.373 e. The first-order valence-electron chi connectivity index (χ1n) is 11.9.